The molecule has 0 fully saturated rings. The van der Waals surface area contributed by atoms with Crippen LogP contribution in [0, 0.1) is 0 Å². The topological polar surface area (TPSA) is 15.6 Å². The Labute approximate surface area is 67.9 Å². The van der Waals surface area contributed by atoms with Crippen molar-refractivity contribution in [2.75, 3.05) is 0 Å². The third kappa shape index (κ3) is 1.70. The first-order valence-corrected chi connectivity index (χ1v) is 3.90. The van der Waals surface area contributed by atoms with Crippen LogP contribution in [0.5, 0.6) is 0 Å². The van der Waals surface area contributed by atoms with Crippen molar-refractivity contribution in [3.8, 4) is 0 Å². The second-order valence-electron chi connectivity index (χ2n) is 2.79. The van der Waals surface area contributed by atoms with Gasteiger partial charge in [-0.1, -0.05) is 6.08 Å². The zero-order valence-corrected chi connectivity index (χ0v) is 7.28. The zero-order chi connectivity index (χ0) is 8.27. The molecule has 0 amide bonds. The molecule has 0 atom stereocenters. The van der Waals surface area contributed by atoms with Gasteiger partial charge in [-0.15, -0.1) is 0 Å². The van der Waals surface area contributed by atoms with Crippen molar-refractivity contribution in [3.05, 3.63) is 24.2 Å². The summed E-state index contributed by atoms with van der Waals surface area (Å²) in [6.45, 7) is 6.34. The summed E-state index contributed by atoms with van der Waals surface area (Å²) in [6, 6.07) is 0.504. The maximum absolute atomic E-state index is 4.05. The van der Waals surface area contributed by atoms with Crippen LogP contribution >= 0.6 is 0 Å². The highest BCUT2D eigenvalue weighted by Gasteiger charge is 2.08. The second-order valence-corrected chi connectivity index (χ2v) is 2.79. The van der Waals surface area contributed by atoms with Crippen LogP contribution in [0.25, 0.3) is 0 Å². The van der Waals surface area contributed by atoms with Gasteiger partial charge in [0.15, 0.2) is 0 Å². The molecule has 1 aliphatic rings. The fourth-order valence-electron chi connectivity index (χ4n) is 1.08. The van der Waals surface area contributed by atoms with Gasteiger partial charge < -0.3 is 4.90 Å². The van der Waals surface area contributed by atoms with E-state index in [2.05, 4.69) is 29.8 Å². The number of nitrogens with zero attached hydrogens (tertiary/aromatic N) is 2. The smallest absolute Gasteiger partial charge is 0.0551 e. The minimum Gasteiger partial charge on any atom is -0.343 e. The Morgan fingerprint density at radius 2 is 2.27 bits per heavy atom. The van der Waals surface area contributed by atoms with Gasteiger partial charge in [-0.05, 0) is 20.8 Å². The maximum Gasteiger partial charge on any atom is 0.0551 e. The average molecular weight is 150 g/mol. The van der Waals surface area contributed by atoms with Gasteiger partial charge in [-0.25, -0.2) is 0 Å². The molecule has 0 saturated heterocycles. The third-order valence-electron chi connectivity index (χ3n) is 1.67. The SMILES string of the molecule is C/C=C1/C=NC=CN1C(C)C. The number of rotatable bonds is 1. The number of hydrogen-bond donors (Lipinski definition) is 0. The molecule has 60 valence electrons. The summed E-state index contributed by atoms with van der Waals surface area (Å²) < 4.78 is 0. The molecule has 0 radical (unpaired) electrons. The lowest BCUT2D eigenvalue weighted by Gasteiger charge is -2.26. The molecule has 1 heterocycles. The van der Waals surface area contributed by atoms with Gasteiger partial charge in [0.2, 0.25) is 0 Å². The summed E-state index contributed by atoms with van der Waals surface area (Å²) >= 11 is 0. The Bertz CT molecular complexity index is 212. The molecule has 0 aromatic rings. The van der Waals surface area contributed by atoms with Crippen LogP contribution in [-0.4, -0.2) is 17.2 Å². The highest BCUT2D eigenvalue weighted by Crippen LogP contribution is 2.11. The summed E-state index contributed by atoms with van der Waals surface area (Å²) in [4.78, 5) is 6.23. The molecule has 11 heavy (non-hydrogen) atoms. The largest absolute Gasteiger partial charge is 0.343 e. The van der Waals surface area contributed by atoms with Gasteiger partial charge in [0.1, 0.15) is 0 Å². The van der Waals surface area contributed by atoms with Gasteiger partial charge in [0, 0.05) is 18.4 Å². The van der Waals surface area contributed by atoms with Crippen molar-refractivity contribution in [1.29, 1.82) is 0 Å². The van der Waals surface area contributed by atoms with Crippen LogP contribution in [0.4, 0.5) is 0 Å². The molecule has 2 nitrogen and oxygen atoms in total. The van der Waals surface area contributed by atoms with Crippen LogP contribution in [-0.2, 0) is 0 Å². The minimum absolute atomic E-state index is 0.504. The summed E-state index contributed by atoms with van der Waals surface area (Å²) in [5.41, 5.74) is 1.17. The molecule has 0 aromatic carbocycles. The molecule has 1 aliphatic heterocycles. The minimum atomic E-state index is 0.504. The van der Waals surface area contributed by atoms with Gasteiger partial charge >= 0.3 is 0 Å². The molecule has 0 aromatic heterocycles. The lowest BCUT2D eigenvalue weighted by atomic mass is 10.2. The molecule has 0 N–H and O–H groups in total. The van der Waals surface area contributed by atoms with E-state index in [0.29, 0.717) is 6.04 Å². The summed E-state index contributed by atoms with van der Waals surface area (Å²) in [7, 11) is 0. The molecular weight excluding hydrogens is 136 g/mol. The summed E-state index contributed by atoms with van der Waals surface area (Å²) in [6.07, 6.45) is 7.75. The van der Waals surface area contributed by atoms with Crippen LogP contribution in [0.1, 0.15) is 20.8 Å². The van der Waals surface area contributed by atoms with E-state index >= 15 is 0 Å². The Balaban J connectivity index is 2.80. The molecule has 0 spiro atoms. The highest BCUT2D eigenvalue weighted by atomic mass is 15.2. The lowest BCUT2D eigenvalue weighted by molar-refractivity contribution is 0.399. The first kappa shape index (κ1) is 8.05. The average Bonchev–Trinajstić information content (AvgIpc) is 2.04. The fourth-order valence-corrected chi connectivity index (χ4v) is 1.08. The standard InChI is InChI=1S/C9H14N2/c1-4-9-7-10-5-6-11(9)8(2)3/h4-8H,1-3H3/b9-4-. The summed E-state index contributed by atoms with van der Waals surface area (Å²) in [5, 5.41) is 0. The van der Waals surface area contributed by atoms with E-state index in [1.165, 1.54) is 5.70 Å². The van der Waals surface area contributed by atoms with E-state index in [4.69, 9.17) is 0 Å². The van der Waals surface area contributed by atoms with E-state index in [0.717, 1.165) is 0 Å². The quantitative estimate of drug-likeness (QED) is 0.559. The predicted octanol–water partition coefficient (Wildman–Crippen LogP) is 2.16. The Kier molecular flexibility index (Phi) is 2.47. The van der Waals surface area contributed by atoms with Crippen molar-refractivity contribution in [2.24, 2.45) is 4.99 Å². The molecule has 0 saturated carbocycles. The van der Waals surface area contributed by atoms with Crippen LogP contribution in [0.3, 0.4) is 0 Å². The molecule has 1 rings (SSSR count). The Morgan fingerprint density at radius 1 is 1.55 bits per heavy atom. The first-order valence-electron chi connectivity index (χ1n) is 3.90. The third-order valence-corrected chi connectivity index (χ3v) is 1.67. The monoisotopic (exact) mass is 150 g/mol. The fraction of sp³-hybridized carbons (Fsp3) is 0.444. The molecule has 2 heteroatoms. The van der Waals surface area contributed by atoms with E-state index in [1.54, 1.807) is 0 Å². The van der Waals surface area contributed by atoms with Gasteiger partial charge in [0.25, 0.3) is 0 Å². The highest BCUT2D eigenvalue weighted by molar-refractivity contribution is 5.79. The van der Waals surface area contributed by atoms with Crippen molar-refractivity contribution in [2.45, 2.75) is 26.8 Å². The Morgan fingerprint density at radius 3 is 2.73 bits per heavy atom. The van der Waals surface area contributed by atoms with Crippen molar-refractivity contribution in [3.63, 3.8) is 0 Å². The number of allylic oxidation sites excluding steroid dienone is 2. The van der Waals surface area contributed by atoms with E-state index in [-0.39, 0.29) is 0 Å². The lowest BCUT2D eigenvalue weighted by Crippen LogP contribution is -2.26. The molecular formula is C9H14N2. The molecule has 0 unspecified atom stereocenters. The van der Waals surface area contributed by atoms with E-state index in [9.17, 15) is 0 Å². The predicted molar refractivity (Wildman–Crippen MR) is 48.4 cm³/mol. The van der Waals surface area contributed by atoms with Gasteiger partial charge in [0.05, 0.1) is 11.9 Å². The van der Waals surface area contributed by atoms with Crippen molar-refractivity contribution >= 4 is 6.21 Å². The second kappa shape index (κ2) is 3.37. The van der Waals surface area contributed by atoms with Crippen LogP contribution in [0.2, 0.25) is 0 Å². The van der Waals surface area contributed by atoms with Gasteiger partial charge in [-0.2, -0.15) is 0 Å². The van der Waals surface area contributed by atoms with Crippen molar-refractivity contribution in [1.82, 2.24) is 4.90 Å². The van der Waals surface area contributed by atoms with Crippen LogP contribution in [0.15, 0.2) is 29.2 Å². The van der Waals surface area contributed by atoms with Crippen molar-refractivity contribution < 1.29 is 0 Å². The number of hydrogen-bond acceptors (Lipinski definition) is 2. The summed E-state index contributed by atoms with van der Waals surface area (Å²) in [5.74, 6) is 0. The van der Waals surface area contributed by atoms with E-state index < -0.39 is 0 Å². The first-order chi connectivity index (χ1) is 5.25. The van der Waals surface area contributed by atoms with Crippen LogP contribution < -0.4 is 0 Å². The number of aliphatic imine (C=N–C) groups is 1. The zero-order valence-electron chi connectivity index (χ0n) is 7.28. The van der Waals surface area contributed by atoms with Gasteiger partial charge in [-0.3, -0.25) is 4.99 Å². The molecule has 0 aliphatic carbocycles. The Hall–Kier alpha value is -1.05. The molecule has 0 bridgehead atoms. The maximum atomic E-state index is 4.05. The normalized spacial score (nSPS) is 20.4. The van der Waals surface area contributed by atoms with E-state index in [1.807, 2.05) is 25.5 Å².